The molecule has 0 aliphatic heterocycles. The van der Waals surface area contributed by atoms with Gasteiger partial charge in [-0.05, 0) is 31.2 Å². The summed E-state index contributed by atoms with van der Waals surface area (Å²) in [6.07, 6.45) is 5.57. The zero-order valence-electron chi connectivity index (χ0n) is 9.76. The maximum atomic E-state index is 11.1. The number of anilines is 1. The minimum absolute atomic E-state index is 0.300. The van der Waals surface area contributed by atoms with E-state index in [-0.39, 0.29) is 0 Å². The lowest BCUT2D eigenvalue weighted by molar-refractivity contribution is 0.296. The quantitative estimate of drug-likeness (QED) is 0.837. The normalized spacial score (nSPS) is 15.6. The van der Waals surface area contributed by atoms with Crippen molar-refractivity contribution in [3.63, 3.8) is 0 Å². The van der Waals surface area contributed by atoms with Crippen molar-refractivity contribution < 1.29 is 13.2 Å². The summed E-state index contributed by atoms with van der Waals surface area (Å²) in [5, 5.41) is 0. The first kappa shape index (κ1) is 12.6. The molecule has 1 N–H and O–H groups in total. The molecular formula is C11H15NO3S2. The molecule has 1 aromatic rings. The van der Waals surface area contributed by atoms with Crippen molar-refractivity contribution in [3.8, 4) is 5.75 Å². The third-order valence-electron chi connectivity index (χ3n) is 2.28. The van der Waals surface area contributed by atoms with Crippen LogP contribution >= 0.6 is 11.8 Å². The van der Waals surface area contributed by atoms with Crippen LogP contribution in [0.1, 0.15) is 12.8 Å². The number of ether oxygens (including phenoxy) is 1. The molecule has 0 amide bonds. The lowest BCUT2D eigenvalue weighted by atomic mass is 10.3. The van der Waals surface area contributed by atoms with Gasteiger partial charge < -0.3 is 4.74 Å². The molecule has 0 saturated heterocycles. The number of rotatable bonds is 5. The molecule has 1 aliphatic carbocycles. The van der Waals surface area contributed by atoms with Gasteiger partial charge in [-0.2, -0.15) is 0 Å². The lowest BCUT2D eigenvalue weighted by Crippen LogP contribution is -2.09. The highest BCUT2D eigenvalue weighted by atomic mass is 32.2. The van der Waals surface area contributed by atoms with Crippen LogP contribution < -0.4 is 9.46 Å². The topological polar surface area (TPSA) is 55.4 Å². The Morgan fingerprint density at radius 3 is 2.65 bits per heavy atom. The van der Waals surface area contributed by atoms with Crippen LogP contribution in [0, 0.1) is 0 Å². The summed E-state index contributed by atoms with van der Waals surface area (Å²) in [4.78, 5) is 1.02. The minimum atomic E-state index is -3.24. The molecule has 0 unspecified atom stereocenters. The van der Waals surface area contributed by atoms with Gasteiger partial charge in [0.25, 0.3) is 0 Å². The van der Waals surface area contributed by atoms with Gasteiger partial charge in [-0.15, -0.1) is 11.8 Å². The predicted octanol–water partition coefficient (Wildman–Crippen LogP) is 2.32. The van der Waals surface area contributed by atoms with Gasteiger partial charge in [-0.1, -0.05) is 0 Å². The second-order valence-corrected chi connectivity index (χ2v) is 6.65. The first-order valence-electron chi connectivity index (χ1n) is 5.30. The van der Waals surface area contributed by atoms with E-state index in [0.29, 0.717) is 11.8 Å². The molecule has 0 heterocycles. The molecule has 2 rings (SSSR count). The highest BCUT2D eigenvalue weighted by Crippen LogP contribution is 2.35. The highest BCUT2D eigenvalue weighted by molar-refractivity contribution is 7.98. The molecule has 1 fully saturated rings. The number of hydrogen-bond acceptors (Lipinski definition) is 4. The molecular weight excluding hydrogens is 258 g/mol. The Labute approximate surface area is 106 Å². The van der Waals surface area contributed by atoms with E-state index in [1.165, 1.54) is 0 Å². The molecule has 0 spiro atoms. The summed E-state index contributed by atoms with van der Waals surface area (Å²) in [7, 11) is -3.24. The van der Waals surface area contributed by atoms with Crippen molar-refractivity contribution >= 4 is 27.5 Å². The SMILES string of the molecule is CSc1ccc(NS(C)(=O)=O)cc1OC1CC1. The van der Waals surface area contributed by atoms with Crippen molar-refractivity contribution in [2.24, 2.45) is 0 Å². The summed E-state index contributed by atoms with van der Waals surface area (Å²) < 4.78 is 30.5. The summed E-state index contributed by atoms with van der Waals surface area (Å²) in [6, 6.07) is 5.35. The molecule has 94 valence electrons. The second-order valence-electron chi connectivity index (χ2n) is 4.06. The molecule has 6 heteroatoms. The second kappa shape index (κ2) is 4.78. The third kappa shape index (κ3) is 3.81. The van der Waals surface area contributed by atoms with E-state index in [9.17, 15) is 8.42 Å². The molecule has 1 aromatic carbocycles. The largest absolute Gasteiger partial charge is 0.489 e. The smallest absolute Gasteiger partial charge is 0.229 e. The van der Waals surface area contributed by atoms with Gasteiger partial charge in [0.2, 0.25) is 10.0 Å². The van der Waals surface area contributed by atoms with E-state index in [2.05, 4.69) is 4.72 Å². The average molecular weight is 273 g/mol. The Bertz CT molecular complexity index is 509. The Kier molecular flexibility index (Phi) is 3.53. The number of hydrogen-bond donors (Lipinski definition) is 1. The fourth-order valence-electron chi connectivity index (χ4n) is 1.41. The zero-order valence-corrected chi connectivity index (χ0v) is 11.4. The number of thioether (sulfide) groups is 1. The van der Waals surface area contributed by atoms with Gasteiger partial charge in [0, 0.05) is 11.0 Å². The molecule has 17 heavy (non-hydrogen) atoms. The molecule has 4 nitrogen and oxygen atoms in total. The van der Waals surface area contributed by atoms with Gasteiger partial charge in [-0.3, -0.25) is 4.72 Å². The summed E-state index contributed by atoms with van der Waals surface area (Å²) in [6.45, 7) is 0. The van der Waals surface area contributed by atoms with E-state index >= 15 is 0 Å². The number of nitrogens with one attached hydrogen (secondary N) is 1. The van der Waals surface area contributed by atoms with Gasteiger partial charge in [0.1, 0.15) is 5.75 Å². The number of benzene rings is 1. The average Bonchev–Trinajstić information content (AvgIpc) is 3.00. The molecule has 0 radical (unpaired) electrons. The van der Waals surface area contributed by atoms with Gasteiger partial charge in [0.15, 0.2) is 0 Å². The van der Waals surface area contributed by atoms with Crippen LogP contribution in [0.2, 0.25) is 0 Å². The van der Waals surface area contributed by atoms with Crippen LogP contribution in [0.5, 0.6) is 5.75 Å². The number of sulfonamides is 1. The zero-order chi connectivity index (χ0) is 12.5. The molecule has 0 aromatic heterocycles. The van der Waals surface area contributed by atoms with Gasteiger partial charge in [-0.25, -0.2) is 8.42 Å². The van der Waals surface area contributed by atoms with E-state index in [1.807, 2.05) is 12.3 Å². The van der Waals surface area contributed by atoms with E-state index in [0.717, 1.165) is 29.7 Å². The maximum absolute atomic E-state index is 11.1. The summed E-state index contributed by atoms with van der Waals surface area (Å²) in [5.74, 6) is 0.758. The first-order valence-corrected chi connectivity index (χ1v) is 8.42. The van der Waals surface area contributed by atoms with Crippen molar-refractivity contribution in [1.82, 2.24) is 0 Å². The summed E-state index contributed by atoms with van der Waals surface area (Å²) in [5.41, 5.74) is 0.543. The predicted molar refractivity (Wildman–Crippen MR) is 70.3 cm³/mol. The fraction of sp³-hybridized carbons (Fsp3) is 0.455. The Morgan fingerprint density at radius 1 is 1.41 bits per heavy atom. The molecule has 0 atom stereocenters. The summed E-state index contributed by atoms with van der Waals surface area (Å²) >= 11 is 1.59. The van der Waals surface area contributed by atoms with E-state index in [4.69, 9.17) is 4.74 Å². The van der Waals surface area contributed by atoms with Crippen LogP contribution in [-0.2, 0) is 10.0 Å². The van der Waals surface area contributed by atoms with Crippen molar-refractivity contribution in [1.29, 1.82) is 0 Å². The molecule has 1 saturated carbocycles. The van der Waals surface area contributed by atoms with Crippen molar-refractivity contribution in [3.05, 3.63) is 18.2 Å². The highest BCUT2D eigenvalue weighted by Gasteiger charge is 2.24. The molecule has 0 bridgehead atoms. The van der Waals surface area contributed by atoms with E-state index in [1.54, 1.807) is 23.9 Å². The van der Waals surface area contributed by atoms with Crippen LogP contribution in [0.3, 0.4) is 0 Å². The van der Waals surface area contributed by atoms with Gasteiger partial charge in [0.05, 0.1) is 18.0 Å². The fourth-order valence-corrected chi connectivity index (χ4v) is 2.48. The van der Waals surface area contributed by atoms with Crippen molar-refractivity contribution in [2.45, 2.75) is 23.8 Å². The van der Waals surface area contributed by atoms with Gasteiger partial charge >= 0.3 is 0 Å². The van der Waals surface area contributed by atoms with Crippen LogP contribution in [-0.4, -0.2) is 27.0 Å². The van der Waals surface area contributed by atoms with E-state index < -0.39 is 10.0 Å². The van der Waals surface area contributed by atoms with Crippen LogP contribution in [0.25, 0.3) is 0 Å². The Morgan fingerprint density at radius 2 is 2.12 bits per heavy atom. The minimum Gasteiger partial charge on any atom is -0.489 e. The Hall–Kier alpha value is -0.880. The van der Waals surface area contributed by atoms with Crippen LogP contribution in [0.15, 0.2) is 23.1 Å². The Balaban J connectivity index is 2.23. The third-order valence-corrected chi connectivity index (χ3v) is 3.67. The molecule has 1 aliphatic rings. The van der Waals surface area contributed by atoms with Crippen molar-refractivity contribution in [2.75, 3.05) is 17.2 Å². The monoisotopic (exact) mass is 273 g/mol. The lowest BCUT2D eigenvalue weighted by Gasteiger charge is -2.11. The van der Waals surface area contributed by atoms with Crippen LogP contribution in [0.4, 0.5) is 5.69 Å². The standard InChI is InChI=1S/C11H15NO3S2/c1-16-11-6-3-8(12-17(2,13)14)7-10(11)15-9-4-5-9/h3,6-7,9,12H,4-5H2,1-2H3. The first-order chi connectivity index (χ1) is 7.98. The maximum Gasteiger partial charge on any atom is 0.229 e.